The maximum atomic E-state index is 5.99. The van der Waals surface area contributed by atoms with Crippen molar-refractivity contribution in [1.82, 2.24) is 14.8 Å². The van der Waals surface area contributed by atoms with Gasteiger partial charge in [0.15, 0.2) is 0 Å². The molecule has 0 radical (unpaired) electrons. The number of nitrogens with two attached hydrogens (primary N) is 1. The van der Waals surface area contributed by atoms with Crippen LogP contribution < -0.4 is 10.6 Å². The molecule has 5 nitrogen and oxygen atoms in total. The Morgan fingerprint density at radius 1 is 1.21 bits per heavy atom. The molecule has 2 rings (SSSR count). The lowest BCUT2D eigenvalue weighted by Crippen LogP contribution is -2.23. The van der Waals surface area contributed by atoms with Gasteiger partial charge in [-0.25, -0.2) is 0 Å². The maximum absolute atomic E-state index is 5.99. The third-order valence-corrected chi connectivity index (χ3v) is 3.25. The monoisotopic (exact) mass is 259 g/mol. The van der Waals surface area contributed by atoms with Crippen molar-refractivity contribution >= 4 is 11.9 Å². The summed E-state index contributed by atoms with van der Waals surface area (Å²) in [4.78, 5) is 6.43. The smallest absolute Gasteiger partial charge is 0.246 e. The topological polar surface area (TPSA) is 60.0 Å². The van der Waals surface area contributed by atoms with Crippen LogP contribution in [0.4, 0.5) is 11.9 Å². The molecular weight excluding hydrogens is 238 g/mol. The van der Waals surface area contributed by atoms with E-state index in [9.17, 15) is 0 Å². The maximum Gasteiger partial charge on any atom is 0.246 e. The van der Waals surface area contributed by atoms with E-state index in [0.29, 0.717) is 11.9 Å². The Hall–Kier alpha value is -2.04. The number of benzene rings is 1. The fraction of sp³-hybridized carbons (Fsp3) is 0.429. The molecule has 0 aliphatic carbocycles. The summed E-state index contributed by atoms with van der Waals surface area (Å²) in [5.41, 5.74) is 9.34. The summed E-state index contributed by atoms with van der Waals surface area (Å²) < 4.78 is 1.71. The number of aromatic nitrogens is 3. The molecule has 102 valence electrons. The molecule has 2 aromatic rings. The Bertz CT molecular complexity index is 569. The van der Waals surface area contributed by atoms with Gasteiger partial charge in [-0.1, -0.05) is 17.7 Å². The molecule has 1 heterocycles. The van der Waals surface area contributed by atoms with Crippen LogP contribution in [0.3, 0.4) is 0 Å². The zero-order valence-electron chi connectivity index (χ0n) is 12.0. The number of aryl methyl sites for hydroxylation is 2. The lowest BCUT2D eigenvalue weighted by molar-refractivity contribution is 0.801. The molecule has 0 saturated heterocycles. The summed E-state index contributed by atoms with van der Waals surface area (Å²) in [6.07, 6.45) is 0. The van der Waals surface area contributed by atoms with E-state index in [2.05, 4.69) is 54.8 Å². The summed E-state index contributed by atoms with van der Waals surface area (Å²) >= 11 is 0. The fourth-order valence-corrected chi connectivity index (χ4v) is 2.17. The van der Waals surface area contributed by atoms with Crippen LogP contribution in [0.25, 0.3) is 5.69 Å². The Morgan fingerprint density at radius 3 is 2.47 bits per heavy atom. The van der Waals surface area contributed by atoms with Gasteiger partial charge in [0, 0.05) is 13.1 Å². The van der Waals surface area contributed by atoms with Gasteiger partial charge >= 0.3 is 0 Å². The van der Waals surface area contributed by atoms with Crippen LogP contribution in [0.15, 0.2) is 18.2 Å². The van der Waals surface area contributed by atoms with Crippen molar-refractivity contribution < 1.29 is 0 Å². The standard InChI is InChI=1S/C14H21N5/c1-5-18(6-2)14-16-13(15)19(17-14)12-8-7-10(3)9-11(12)4/h7-9H,5-6H2,1-4H3,(H2,15,16,17). The zero-order valence-corrected chi connectivity index (χ0v) is 12.0. The summed E-state index contributed by atoms with van der Waals surface area (Å²) in [5.74, 6) is 1.11. The third kappa shape index (κ3) is 2.54. The van der Waals surface area contributed by atoms with Gasteiger partial charge < -0.3 is 10.6 Å². The molecule has 2 N–H and O–H groups in total. The first-order valence-electron chi connectivity index (χ1n) is 6.62. The van der Waals surface area contributed by atoms with Crippen LogP contribution in [-0.4, -0.2) is 27.9 Å². The lowest BCUT2D eigenvalue weighted by atomic mass is 10.1. The van der Waals surface area contributed by atoms with Crippen molar-refractivity contribution in [2.24, 2.45) is 0 Å². The molecular formula is C14H21N5. The van der Waals surface area contributed by atoms with Crippen LogP contribution in [0.1, 0.15) is 25.0 Å². The van der Waals surface area contributed by atoms with Crippen LogP contribution in [0.2, 0.25) is 0 Å². The number of hydrogen-bond acceptors (Lipinski definition) is 4. The number of nitrogen functional groups attached to an aromatic ring is 1. The molecule has 5 heteroatoms. The second-order valence-electron chi connectivity index (χ2n) is 4.64. The molecule has 0 spiro atoms. The predicted octanol–water partition coefficient (Wildman–Crippen LogP) is 2.31. The highest BCUT2D eigenvalue weighted by molar-refractivity contribution is 5.48. The molecule has 1 aromatic heterocycles. The van der Waals surface area contributed by atoms with Crippen LogP contribution >= 0.6 is 0 Å². The van der Waals surface area contributed by atoms with Crippen molar-refractivity contribution in [3.05, 3.63) is 29.3 Å². The Balaban J connectivity index is 2.45. The second-order valence-corrected chi connectivity index (χ2v) is 4.64. The van der Waals surface area contributed by atoms with E-state index in [1.54, 1.807) is 4.68 Å². The summed E-state index contributed by atoms with van der Waals surface area (Å²) in [6, 6.07) is 6.20. The Kier molecular flexibility index (Phi) is 3.74. The SMILES string of the molecule is CCN(CC)c1nc(N)n(-c2ccc(C)cc2C)n1. The van der Waals surface area contributed by atoms with Crippen molar-refractivity contribution in [3.8, 4) is 5.69 Å². The summed E-state index contributed by atoms with van der Waals surface area (Å²) in [5, 5.41) is 4.52. The first kappa shape index (κ1) is 13.4. The van der Waals surface area contributed by atoms with Crippen LogP contribution in [0.5, 0.6) is 0 Å². The van der Waals surface area contributed by atoms with E-state index in [0.717, 1.165) is 24.3 Å². The Labute approximate surface area is 114 Å². The van der Waals surface area contributed by atoms with Gasteiger partial charge in [0.2, 0.25) is 11.9 Å². The van der Waals surface area contributed by atoms with E-state index in [-0.39, 0.29) is 0 Å². The Morgan fingerprint density at radius 2 is 1.89 bits per heavy atom. The van der Waals surface area contributed by atoms with E-state index >= 15 is 0 Å². The minimum atomic E-state index is 0.425. The zero-order chi connectivity index (χ0) is 14.0. The van der Waals surface area contributed by atoms with E-state index < -0.39 is 0 Å². The average Bonchev–Trinajstić information content (AvgIpc) is 2.73. The highest BCUT2D eigenvalue weighted by Gasteiger charge is 2.14. The van der Waals surface area contributed by atoms with E-state index in [4.69, 9.17) is 5.73 Å². The summed E-state index contributed by atoms with van der Waals surface area (Å²) in [7, 11) is 0. The minimum Gasteiger partial charge on any atom is -0.368 e. The number of nitrogens with zero attached hydrogens (tertiary/aromatic N) is 4. The largest absolute Gasteiger partial charge is 0.368 e. The van der Waals surface area contributed by atoms with Crippen LogP contribution in [-0.2, 0) is 0 Å². The quantitative estimate of drug-likeness (QED) is 0.915. The first-order chi connectivity index (χ1) is 9.06. The highest BCUT2D eigenvalue weighted by atomic mass is 15.4. The fourth-order valence-electron chi connectivity index (χ4n) is 2.17. The molecule has 0 unspecified atom stereocenters. The van der Waals surface area contributed by atoms with Crippen molar-refractivity contribution in [2.75, 3.05) is 23.7 Å². The number of rotatable bonds is 4. The molecule has 1 aromatic carbocycles. The number of anilines is 2. The van der Waals surface area contributed by atoms with Gasteiger partial charge in [-0.15, -0.1) is 5.10 Å². The molecule has 19 heavy (non-hydrogen) atoms. The molecule has 0 amide bonds. The summed E-state index contributed by atoms with van der Waals surface area (Å²) in [6.45, 7) is 10.0. The van der Waals surface area contributed by atoms with E-state index in [1.165, 1.54) is 5.56 Å². The molecule has 0 aliphatic heterocycles. The normalized spacial score (nSPS) is 10.7. The first-order valence-corrected chi connectivity index (χ1v) is 6.62. The molecule has 0 atom stereocenters. The predicted molar refractivity (Wildman–Crippen MR) is 78.8 cm³/mol. The highest BCUT2D eigenvalue weighted by Crippen LogP contribution is 2.20. The number of hydrogen-bond donors (Lipinski definition) is 1. The van der Waals surface area contributed by atoms with Crippen molar-refractivity contribution in [1.29, 1.82) is 0 Å². The average molecular weight is 259 g/mol. The van der Waals surface area contributed by atoms with Gasteiger partial charge in [-0.05, 0) is 39.3 Å². The lowest BCUT2D eigenvalue weighted by Gasteiger charge is -2.15. The molecule has 0 saturated carbocycles. The van der Waals surface area contributed by atoms with Gasteiger partial charge in [-0.2, -0.15) is 9.67 Å². The minimum absolute atomic E-state index is 0.425. The molecule has 0 bridgehead atoms. The van der Waals surface area contributed by atoms with Gasteiger partial charge in [0.1, 0.15) is 0 Å². The molecule has 0 aliphatic rings. The third-order valence-electron chi connectivity index (χ3n) is 3.25. The van der Waals surface area contributed by atoms with Gasteiger partial charge in [-0.3, -0.25) is 0 Å². The van der Waals surface area contributed by atoms with Crippen molar-refractivity contribution in [3.63, 3.8) is 0 Å². The van der Waals surface area contributed by atoms with Crippen LogP contribution in [0, 0.1) is 13.8 Å². The van der Waals surface area contributed by atoms with E-state index in [1.807, 2.05) is 6.07 Å². The van der Waals surface area contributed by atoms with Gasteiger partial charge in [0.25, 0.3) is 0 Å². The van der Waals surface area contributed by atoms with Crippen molar-refractivity contribution in [2.45, 2.75) is 27.7 Å². The van der Waals surface area contributed by atoms with Gasteiger partial charge in [0.05, 0.1) is 5.69 Å². The molecule has 0 fully saturated rings. The second kappa shape index (κ2) is 5.30.